The summed E-state index contributed by atoms with van der Waals surface area (Å²) in [5.41, 5.74) is -0.117. The largest absolute Gasteiger partial charge is 0.462 e. The van der Waals surface area contributed by atoms with Crippen molar-refractivity contribution in [2.45, 2.75) is 6.92 Å². The summed E-state index contributed by atoms with van der Waals surface area (Å²) in [7, 11) is 1.35. The Morgan fingerprint density at radius 2 is 2.31 bits per heavy atom. The van der Waals surface area contributed by atoms with Gasteiger partial charge in [-0.25, -0.2) is 4.79 Å². The third kappa shape index (κ3) is 2.27. The van der Waals surface area contributed by atoms with Crippen LogP contribution in [0.2, 0.25) is 5.02 Å². The van der Waals surface area contributed by atoms with Crippen LogP contribution in [0.25, 0.3) is 0 Å². The minimum atomic E-state index is -0.628. The number of H-pyrrole nitrogens is 1. The molecular weight excluding hydrogens is 236 g/mol. The summed E-state index contributed by atoms with van der Waals surface area (Å²) in [6, 6.07) is 0. The van der Waals surface area contributed by atoms with Crippen LogP contribution in [0.5, 0.6) is 5.88 Å². The van der Waals surface area contributed by atoms with E-state index in [9.17, 15) is 9.70 Å². The first-order chi connectivity index (χ1) is 7.65. The first-order valence-electron chi connectivity index (χ1n) is 4.44. The van der Waals surface area contributed by atoms with Gasteiger partial charge in [0.05, 0.1) is 13.7 Å². The Kier molecular flexibility index (Phi) is 4.19. The smallest absolute Gasteiger partial charge is 0.397 e. The molecule has 0 amide bonds. The Hall–Kier alpha value is -1.69. The molecule has 0 bridgehead atoms. The maximum absolute atomic E-state index is 11.4. The molecule has 0 saturated heterocycles. The number of esters is 1. The van der Waals surface area contributed by atoms with E-state index in [2.05, 4.69) is 10.2 Å². The van der Waals surface area contributed by atoms with Gasteiger partial charge < -0.3 is 9.47 Å². The fraction of sp³-hybridized carbons (Fsp3) is 0.333. The fourth-order valence-electron chi connectivity index (χ4n) is 1.09. The van der Waals surface area contributed by atoms with Crippen LogP contribution in [-0.4, -0.2) is 19.7 Å². The van der Waals surface area contributed by atoms with Crippen LogP contribution in [0.15, 0.2) is 11.4 Å². The Morgan fingerprint density at radius 1 is 1.62 bits per heavy atom. The maximum atomic E-state index is 11.4. The zero-order valence-corrected chi connectivity index (χ0v) is 9.50. The second-order valence-corrected chi connectivity index (χ2v) is 3.09. The number of pyridine rings is 1. The molecule has 1 heterocycles. The van der Waals surface area contributed by atoms with Crippen LogP contribution < -0.4 is 9.72 Å². The molecule has 7 heteroatoms. The number of ether oxygens (including phenoxy) is 2. The van der Waals surface area contributed by atoms with E-state index in [4.69, 9.17) is 21.1 Å². The molecule has 1 rings (SSSR count). The number of halogens is 1. The Labute approximate surface area is 96.5 Å². The average molecular weight is 246 g/mol. The molecule has 0 radical (unpaired) electrons. The van der Waals surface area contributed by atoms with Crippen LogP contribution in [0.1, 0.15) is 17.3 Å². The third-order valence-electron chi connectivity index (χ3n) is 1.80. The van der Waals surface area contributed by atoms with E-state index in [1.807, 2.05) is 0 Å². The summed E-state index contributed by atoms with van der Waals surface area (Å²) in [4.78, 5) is 24.6. The van der Waals surface area contributed by atoms with E-state index in [0.29, 0.717) is 0 Å². The lowest BCUT2D eigenvalue weighted by Gasteiger charge is -2.03. The molecule has 0 aromatic carbocycles. The van der Waals surface area contributed by atoms with E-state index in [-0.39, 0.29) is 28.8 Å². The van der Waals surface area contributed by atoms with Gasteiger partial charge in [-0.05, 0) is 12.1 Å². The number of nitrogens with one attached hydrogen (secondary N) is 1. The first kappa shape index (κ1) is 12.4. The number of nitroso groups, excluding NO2 is 1. The number of hydrogen-bond donors (Lipinski definition) is 0. The second kappa shape index (κ2) is 5.41. The van der Waals surface area contributed by atoms with Crippen LogP contribution in [0.3, 0.4) is 0 Å². The fourth-order valence-corrected chi connectivity index (χ4v) is 1.34. The molecule has 0 aliphatic rings. The van der Waals surface area contributed by atoms with Crippen molar-refractivity contribution in [1.29, 1.82) is 0 Å². The molecule has 1 aromatic heterocycles. The molecule has 0 unspecified atom stereocenters. The van der Waals surface area contributed by atoms with Crippen molar-refractivity contribution in [1.82, 2.24) is 0 Å². The van der Waals surface area contributed by atoms with Gasteiger partial charge >= 0.3 is 11.8 Å². The van der Waals surface area contributed by atoms with Crippen LogP contribution in [-0.2, 0) is 4.74 Å². The predicted octanol–water partition coefficient (Wildman–Crippen LogP) is 1.74. The van der Waals surface area contributed by atoms with Gasteiger partial charge in [0.1, 0.15) is 10.6 Å². The quantitative estimate of drug-likeness (QED) is 0.598. The van der Waals surface area contributed by atoms with Crippen molar-refractivity contribution in [3.63, 3.8) is 0 Å². The topological polar surface area (TPSA) is 79.1 Å². The molecule has 1 aromatic rings. The van der Waals surface area contributed by atoms with E-state index < -0.39 is 5.97 Å². The van der Waals surface area contributed by atoms with Gasteiger partial charge in [-0.3, -0.25) is 0 Å². The Morgan fingerprint density at radius 3 is 2.81 bits per heavy atom. The van der Waals surface area contributed by atoms with E-state index in [1.54, 1.807) is 6.92 Å². The minimum Gasteiger partial charge on any atom is -0.462 e. The second-order valence-electron chi connectivity index (χ2n) is 2.71. The van der Waals surface area contributed by atoms with Gasteiger partial charge in [-0.15, -0.1) is 4.91 Å². The highest BCUT2D eigenvalue weighted by Gasteiger charge is 2.24. The predicted molar refractivity (Wildman–Crippen MR) is 56.0 cm³/mol. The number of nitrogens with zero attached hydrogens (tertiary/aromatic N) is 1. The Bertz CT molecular complexity index is 422. The Balaban J connectivity index is 3.23. The summed E-state index contributed by atoms with van der Waals surface area (Å²) >= 11 is 5.83. The maximum Gasteiger partial charge on any atom is 0.397 e. The van der Waals surface area contributed by atoms with Crippen molar-refractivity contribution in [2.24, 2.45) is 5.18 Å². The third-order valence-corrected chi connectivity index (χ3v) is 2.18. The van der Waals surface area contributed by atoms with Crippen LogP contribution in [0, 0.1) is 4.91 Å². The lowest BCUT2D eigenvalue weighted by atomic mass is 10.2. The van der Waals surface area contributed by atoms with Crippen molar-refractivity contribution >= 4 is 23.3 Å². The molecule has 86 valence electrons. The zero-order valence-electron chi connectivity index (χ0n) is 8.74. The number of aromatic nitrogens is 1. The molecule has 0 aliphatic heterocycles. The van der Waals surface area contributed by atoms with Crippen molar-refractivity contribution < 1.29 is 19.3 Å². The normalized spacial score (nSPS) is 9.69. The summed E-state index contributed by atoms with van der Waals surface area (Å²) in [6.07, 6.45) is 1.30. The first-order valence-corrected chi connectivity index (χ1v) is 4.82. The van der Waals surface area contributed by atoms with Crippen LogP contribution in [0.4, 0.5) is 5.69 Å². The van der Waals surface area contributed by atoms with E-state index >= 15 is 0 Å². The SMILES string of the molecule is CCOC(=O)c1c[nH+]c(OC)c(N=O)c1Cl. The van der Waals surface area contributed by atoms with Gasteiger partial charge in [-0.2, -0.15) is 4.98 Å². The minimum absolute atomic E-state index is 0.0407. The number of hydrogen-bond acceptors (Lipinski definition) is 5. The van der Waals surface area contributed by atoms with Gasteiger partial charge in [-0.1, -0.05) is 11.6 Å². The number of carbonyl (C=O) groups excluding carboxylic acids is 1. The summed E-state index contributed by atoms with van der Waals surface area (Å²) < 4.78 is 9.58. The molecule has 6 nitrogen and oxygen atoms in total. The zero-order chi connectivity index (χ0) is 12.1. The van der Waals surface area contributed by atoms with Crippen molar-refractivity contribution in [3.8, 4) is 5.88 Å². The van der Waals surface area contributed by atoms with Crippen LogP contribution >= 0.6 is 11.6 Å². The molecule has 0 atom stereocenters. The van der Waals surface area contributed by atoms with Gasteiger partial charge in [0.15, 0.2) is 6.20 Å². The van der Waals surface area contributed by atoms with E-state index in [1.165, 1.54) is 13.3 Å². The number of aromatic amines is 1. The van der Waals surface area contributed by atoms with E-state index in [0.717, 1.165) is 0 Å². The standard InChI is InChI=1S/C9H9ClN2O4/c1-3-16-9(13)5-4-11-8(15-2)7(12-14)6(5)10/h4H,3H2,1-2H3/p+1. The monoisotopic (exact) mass is 245 g/mol. The lowest BCUT2D eigenvalue weighted by Crippen LogP contribution is -2.14. The van der Waals surface area contributed by atoms with Crippen molar-refractivity contribution in [3.05, 3.63) is 21.7 Å². The molecule has 0 saturated carbocycles. The van der Waals surface area contributed by atoms with Gasteiger partial charge in [0, 0.05) is 0 Å². The molecule has 0 aliphatic carbocycles. The highest BCUT2D eigenvalue weighted by atomic mass is 35.5. The summed E-state index contributed by atoms with van der Waals surface area (Å²) in [6.45, 7) is 1.88. The number of carbonyl (C=O) groups is 1. The van der Waals surface area contributed by atoms with Gasteiger partial charge in [0.2, 0.25) is 5.69 Å². The van der Waals surface area contributed by atoms with Crippen molar-refractivity contribution in [2.75, 3.05) is 13.7 Å². The highest BCUT2D eigenvalue weighted by Crippen LogP contribution is 2.33. The molecule has 16 heavy (non-hydrogen) atoms. The summed E-state index contributed by atoms with van der Waals surface area (Å²) in [5, 5.41) is 2.60. The van der Waals surface area contributed by atoms with Gasteiger partial charge in [0.25, 0.3) is 0 Å². The molecule has 1 N–H and O–H groups in total. The molecule has 0 spiro atoms. The lowest BCUT2D eigenvalue weighted by molar-refractivity contribution is -0.392. The highest BCUT2D eigenvalue weighted by molar-refractivity contribution is 6.36. The number of methoxy groups -OCH3 is 1. The molecular formula is C9H10ClN2O4+. The number of rotatable bonds is 4. The average Bonchev–Trinajstić information content (AvgIpc) is 2.28. The summed E-state index contributed by atoms with van der Waals surface area (Å²) in [5.74, 6) is -0.538. The molecule has 0 fully saturated rings.